The van der Waals surface area contributed by atoms with Gasteiger partial charge in [0.1, 0.15) is 0 Å². The van der Waals surface area contributed by atoms with Crippen molar-refractivity contribution >= 4 is 39.6 Å². The van der Waals surface area contributed by atoms with Gasteiger partial charge in [-0.1, -0.05) is 0 Å². The van der Waals surface area contributed by atoms with E-state index in [1.165, 1.54) is 55.4 Å². The van der Waals surface area contributed by atoms with Gasteiger partial charge in [-0.2, -0.15) is 0 Å². The molecule has 1 aromatic carbocycles. The van der Waals surface area contributed by atoms with Crippen LogP contribution >= 0.6 is 0 Å². The zero-order valence-electron chi connectivity index (χ0n) is 25.5. The van der Waals surface area contributed by atoms with Crippen LogP contribution in [0.3, 0.4) is 0 Å². The third-order valence-electron chi connectivity index (χ3n) is 7.78. The number of alkyl halides is 1. The first-order valence-corrected chi connectivity index (χ1v) is 22.5. The topological polar surface area (TPSA) is 84.5 Å². The van der Waals surface area contributed by atoms with Gasteiger partial charge in [-0.05, 0) is 0 Å². The summed E-state index contributed by atoms with van der Waals surface area (Å²) in [4.78, 5) is 38.1. The Morgan fingerprint density at radius 3 is 1.92 bits per heavy atom. The van der Waals surface area contributed by atoms with Gasteiger partial charge in [0.05, 0.1) is 0 Å². The van der Waals surface area contributed by atoms with Crippen molar-refractivity contribution in [2.75, 3.05) is 13.8 Å². The number of hydrogen-bond donors (Lipinski definition) is 2. The summed E-state index contributed by atoms with van der Waals surface area (Å²) in [5.74, 6) is -0.936. The molecule has 0 radical (unpaired) electrons. The number of nitrogens with one attached hydrogen (secondary N) is 2. The van der Waals surface area contributed by atoms with Crippen molar-refractivity contribution in [1.82, 2.24) is 10.6 Å². The number of Topliss-reactive ketones (excluding diaryl/α,β-unsaturated/α-hetero) is 1. The molecule has 0 heterocycles. The predicted octanol–water partition coefficient (Wildman–Crippen LogP) is 5.87. The summed E-state index contributed by atoms with van der Waals surface area (Å²) in [6.45, 7) is 11.0. The SMILES string of the molecule is CCC[CH2][Sn]([CH2]CCC)([CH2]CCC)[c]1ccc(OC)c(CC(=O)N[C@H](C(=O)NC(CC)C(=O)CF)C(C)C)c1. The predicted molar refractivity (Wildman–Crippen MR) is 161 cm³/mol. The van der Waals surface area contributed by atoms with Gasteiger partial charge in [0.2, 0.25) is 0 Å². The van der Waals surface area contributed by atoms with E-state index in [-0.39, 0.29) is 18.2 Å². The molecular weight excluding hydrogens is 602 g/mol. The molecule has 2 amide bonds. The van der Waals surface area contributed by atoms with Crippen molar-refractivity contribution in [1.29, 1.82) is 0 Å². The Morgan fingerprint density at radius 1 is 0.923 bits per heavy atom. The third kappa shape index (κ3) is 11.0. The molecule has 0 bridgehead atoms. The normalized spacial score (nSPS) is 13.2. The zero-order chi connectivity index (χ0) is 29.4. The molecule has 0 aliphatic carbocycles. The minimum atomic E-state index is -2.71. The van der Waals surface area contributed by atoms with Gasteiger partial charge in [-0.25, -0.2) is 4.39 Å². The fraction of sp³-hybridized carbons (Fsp3) is 0.710. The zero-order valence-corrected chi connectivity index (χ0v) is 28.3. The summed E-state index contributed by atoms with van der Waals surface area (Å²) in [5.41, 5.74) is 0.847. The molecule has 0 aromatic heterocycles. The van der Waals surface area contributed by atoms with Gasteiger partial charge in [0.15, 0.2) is 0 Å². The fourth-order valence-electron chi connectivity index (χ4n) is 5.30. The van der Waals surface area contributed by atoms with E-state index in [1.54, 1.807) is 14.0 Å². The number of rotatable bonds is 20. The average Bonchev–Trinajstić information content (AvgIpc) is 2.93. The van der Waals surface area contributed by atoms with Crippen LogP contribution in [0.2, 0.25) is 13.3 Å². The second kappa shape index (κ2) is 18.7. The number of carbonyl (C=O) groups excluding carboxylic acids is 3. The molecule has 2 atom stereocenters. The number of methoxy groups -OCH3 is 1. The molecule has 0 saturated heterocycles. The number of benzene rings is 1. The van der Waals surface area contributed by atoms with Gasteiger partial charge in [-0.3, -0.25) is 0 Å². The Hall–Kier alpha value is -1.64. The second-order valence-electron chi connectivity index (χ2n) is 11.2. The van der Waals surface area contributed by atoms with Crippen LogP contribution < -0.4 is 18.9 Å². The average molecular weight is 655 g/mol. The van der Waals surface area contributed by atoms with Gasteiger partial charge >= 0.3 is 237 Å². The maximum atomic E-state index is 13.3. The van der Waals surface area contributed by atoms with E-state index in [2.05, 4.69) is 43.5 Å². The fourth-order valence-corrected chi connectivity index (χ4v) is 21.3. The number of amides is 2. The second-order valence-corrected chi connectivity index (χ2v) is 24.4. The summed E-state index contributed by atoms with van der Waals surface area (Å²) in [5, 5.41) is 5.49. The Bertz CT molecular complexity index is 887. The monoisotopic (exact) mass is 656 g/mol. The summed E-state index contributed by atoms with van der Waals surface area (Å²) >= 11 is -2.71. The van der Waals surface area contributed by atoms with Crippen LogP contribution in [0.15, 0.2) is 18.2 Å². The van der Waals surface area contributed by atoms with E-state index >= 15 is 0 Å². The Labute approximate surface area is 240 Å². The summed E-state index contributed by atoms with van der Waals surface area (Å²) < 4.78 is 24.0. The number of hydrogen-bond acceptors (Lipinski definition) is 4. The molecule has 1 rings (SSSR count). The van der Waals surface area contributed by atoms with Crippen LogP contribution in [0.1, 0.15) is 92.1 Å². The minimum absolute atomic E-state index is 0.103. The van der Waals surface area contributed by atoms with Crippen molar-refractivity contribution in [2.45, 2.75) is 118 Å². The van der Waals surface area contributed by atoms with E-state index < -0.39 is 48.8 Å². The summed E-state index contributed by atoms with van der Waals surface area (Å²) in [6.07, 6.45) is 7.72. The first-order chi connectivity index (χ1) is 18.6. The molecule has 0 spiro atoms. The molecule has 6 nitrogen and oxygen atoms in total. The van der Waals surface area contributed by atoms with Crippen molar-refractivity contribution < 1.29 is 23.5 Å². The van der Waals surface area contributed by atoms with Gasteiger partial charge in [-0.15, -0.1) is 0 Å². The van der Waals surface area contributed by atoms with E-state index in [0.29, 0.717) is 12.2 Å². The van der Waals surface area contributed by atoms with Gasteiger partial charge < -0.3 is 0 Å². The quantitative estimate of drug-likeness (QED) is 0.172. The molecule has 8 heteroatoms. The Morgan fingerprint density at radius 2 is 1.49 bits per heavy atom. The summed E-state index contributed by atoms with van der Waals surface area (Å²) in [6, 6.07) is 4.79. The molecule has 39 heavy (non-hydrogen) atoms. The molecule has 0 fully saturated rings. The van der Waals surface area contributed by atoms with Crippen molar-refractivity contribution in [3.63, 3.8) is 0 Å². The molecule has 0 saturated carbocycles. The van der Waals surface area contributed by atoms with E-state index in [4.69, 9.17) is 4.74 Å². The summed E-state index contributed by atoms with van der Waals surface area (Å²) in [7, 11) is 1.62. The maximum absolute atomic E-state index is 13.3. The van der Waals surface area contributed by atoms with Crippen LogP contribution in [0.25, 0.3) is 0 Å². The van der Waals surface area contributed by atoms with Gasteiger partial charge in [0, 0.05) is 0 Å². The number of unbranched alkanes of at least 4 members (excludes halogenated alkanes) is 3. The number of carbonyl (C=O) groups is 3. The van der Waals surface area contributed by atoms with Crippen molar-refractivity contribution in [2.24, 2.45) is 5.92 Å². The first kappa shape index (κ1) is 35.4. The van der Waals surface area contributed by atoms with Gasteiger partial charge in [0.25, 0.3) is 0 Å². The van der Waals surface area contributed by atoms with E-state index in [0.717, 1.165) is 5.56 Å². The number of ether oxygens (including phenoxy) is 1. The Kier molecular flexibility index (Phi) is 16.9. The number of halogens is 1. The van der Waals surface area contributed by atoms with Crippen LogP contribution in [-0.2, 0) is 20.8 Å². The standard InChI is InChI=1S/C19H26FN2O4.3C4H9.Sn/c1-5-14(15(23)11-20)21-19(25)18(12(2)3)22-17(24)10-13-8-6-7-9-16(13)26-4;3*1-3-4-2;/h7-9,12,14,18H,5,10-11H2,1-4H3,(H,21,25)(H,22,24);3*1,3-4H2,2H3;/t14?,18-;;;;/m0..../s1. The third-order valence-corrected chi connectivity index (χ3v) is 23.4. The van der Waals surface area contributed by atoms with Crippen LogP contribution in [0.4, 0.5) is 4.39 Å². The molecular formula is C31H53FN2O4Sn. The first-order valence-electron chi connectivity index (χ1n) is 15.0. The molecule has 0 aliphatic rings. The van der Waals surface area contributed by atoms with Crippen LogP contribution in [0, 0.1) is 5.92 Å². The molecule has 2 N–H and O–H groups in total. The molecule has 0 aliphatic heterocycles. The number of ketones is 1. The molecule has 1 aromatic rings. The van der Waals surface area contributed by atoms with Crippen molar-refractivity contribution in [3.05, 3.63) is 23.8 Å². The van der Waals surface area contributed by atoms with Crippen molar-refractivity contribution in [3.8, 4) is 5.75 Å². The molecule has 222 valence electrons. The van der Waals surface area contributed by atoms with E-state index in [9.17, 15) is 18.8 Å². The Balaban J connectivity index is 3.26. The van der Waals surface area contributed by atoms with Crippen LogP contribution in [-0.4, -0.2) is 61.8 Å². The molecule has 1 unspecified atom stereocenters. The van der Waals surface area contributed by atoms with Crippen LogP contribution in [0.5, 0.6) is 5.75 Å². The van der Waals surface area contributed by atoms with E-state index in [1.807, 2.05) is 19.9 Å².